The standard InChI is InChI=1S/C13H26N2.C3H8N2.H2/c1-2-14-10-6-13(7-11-14)12-15-8-4-3-5-9-15;1-2-3(4)5;/h13H,2-12H2,1H3;2H,4-5H2,1H3;1H. The van der Waals surface area contributed by atoms with E-state index in [1.807, 2.05) is 0 Å². The topological polar surface area (TPSA) is 58.5 Å². The van der Waals surface area contributed by atoms with E-state index in [0.29, 0.717) is 5.82 Å². The molecule has 0 saturated carbocycles. The van der Waals surface area contributed by atoms with Crippen LogP contribution >= 0.6 is 0 Å². The second-order valence-corrected chi connectivity index (χ2v) is 6.03. The predicted molar refractivity (Wildman–Crippen MR) is 89.4 cm³/mol. The van der Waals surface area contributed by atoms with Crippen molar-refractivity contribution in [2.24, 2.45) is 17.4 Å². The fourth-order valence-electron chi connectivity index (χ4n) is 2.99. The van der Waals surface area contributed by atoms with Gasteiger partial charge in [-0.05, 0) is 77.3 Å². The Kier molecular flexibility index (Phi) is 8.70. The first-order valence-electron chi connectivity index (χ1n) is 8.27. The van der Waals surface area contributed by atoms with E-state index >= 15 is 0 Å². The monoisotopic (exact) mass is 284 g/mol. The minimum atomic E-state index is 0. The molecule has 120 valence electrons. The molecule has 2 fully saturated rings. The van der Waals surface area contributed by atoms with E-state index in [1.165, 1.54) is 71.4 Å². The highest BCUT2D eigenvalue weighted by Gasteiger charge is 2.21. The van der Waals surface area contributed by atoms with Gasteiger partial charge in [-0.15, -0.1) is 0 Å². The first-order valence-corrected chi connectivity index (χ1v) is 8.27. The normalized spacial score (nSPS) is 21.9. The zero-order chi connectivity index (χ0) is 14.8. The van der Waals surface area contributed by atoms with Gasteiger partial charge in [-0.1, -0.05) is 13.3 Å². The number of hydrogen-bond acceptors (Lipinski definition) is 4. The summed E-state index contributed by atoms with van der Waals surface area (Å²) >= 11 is 0. The van der Waals surface area contributed by atoms with Gasteiger partial charge in [0.1, 0.15) is 0 Å². The molecular formula is C16H36N4. The zero-order valence-corrected chi connectivity index (χ0v) is 13.5. The molecule has 0 bridgehead atoms. The Morgan fingerprint density at radius 1 is 1.05 bits per heavy atom. The molecule has 0 aromatic heterocycles. The van der Waals surface area contributed by atoms with Crippen molar-refractivity contribution in [2.45, 2.75) is 46.0 Å². The highest BCUT2D eigenvalue weighted by molar-refractivity contribution is 4.84. The van der Waals surface area contributed by atoms with Crippen LogP contribution in [0.3, 0.4) is 0 Å². The van der Waals surface area contributed by atoms with Crippen molar-refractivity contribution in [3.63, 3.8) is 0 Å². The van der Waals surface area contributed by atoms with Crippen LogP contribution in [0.4, 0.5) is 0 Å². The van der Waals surface area contributed by atoms with Crippen molar-refractivity contribution < 1.29 is 1.43 Å². The smallest absolute Gasteiger partial charge is 0.0889 e. The zero-order valence-electron chi connectivity index (χ0n) is 13.5. The molecule has 0 atom stereocenters. The van der Waals surface area contributed by atoms with Crippen molar-refractivity contribution in [3.05, 3.63) is 11.9 Å². The minimum Gasteiger partial charge on any atom is -0.386 e. The van der Waals surface area contributed by atoms with Crippen LogP contribution in [0.2, 0.25) is 0 Å². The number of likely N-dealkylation sites (tertiary alicyclic amines) is 2. The molecule has 2 aliphatic rings. The molecule has 4 heteroatoms. The molecule has 2 aliphatic heterocycles. The van der Waals surface area contributed by atoms with Gasteiger partial charge >= 0.3 is 0 Å². The van der Waals surface area contributed by atoms with Gasteiger partial charge in [-0.2, -0.15) is 0 Å². The molecule has 4 N–H and O–H groups in total. The number of allylic oxidation sites excluding steroid dienone is 1. The Labute approximate surface area is 126 Å². The van der Waals surface area contributed by atoms with Crippen molar-refractivity contribution >= 4 is 0 Å². The summed E-state index contributed by atoms with van der Waals surface area (Å²) in [6, 6.07) is 0. The average molecular weight is 284 g/mol. The van der Waals surface area contributed by atoms with E-state index in [0.717, 1.165) is 5.92 Å². The molecule has 0 aromatic carbocycles. The molecule has 2 rings (SSSR count). The lowest BCUT2D eigenvalue weighted by Crippen LogP contribution is -2.40. The van der Waals surface area contributed by atoms with Gasteiger partial charge in [0.25, 0.3) is 0 Å². The van der Waals surface area contributed by atoms with Gasteiger partial charge in [-0.25, -0.2) is 0 Å². The molecule has 2 saturated heterocycles. The van der Waals surface area contributed by atoms with Gasteiger partial charge in [0.15, 0.2) is 0 Å². The summed E-state index contributed by atoms with van der Waals surface area (Å²) in [5.74, 6) is 1.37. The molecular weight excluding hydrogens is 248 g/mol. The fourth-order valence-corrected chi connectivity index (χ4v) is 2.99. The number of hydrogen-bond donors (Lipinski definition) is 2. The summed E-state index contributed by atoms with van der Waals surface area (Å²) in [6.07, 6.45) is 8.85. The van der Waals surface area contributed by atoms with E-state index in [-0.39, 0.29) is 1.43 Å². The summed E-state index contributed by atoms with van der Waals surface area (Å²) in [7, 11) is 0. The van der Waals surface area contributed by atoms with Crippen molar-refractivity contribution in [1.82, 2.24) is 9.80 Å². The Bertz CT molecular complexity index is 265. The lowest BCUT2D eigenvalue weighted by molar-refractivity contribution is 0.135. The Hall–Kier alpha value is -0.740. The number of nitrogens with two attached hydrogens (primary N) is 2. The average Bonchev–Trinajstić information content (AvgIpc) is 2.49. The summed E-state index contributed by atoms with van der Waals surface area (Å²) in [5, 5.41) is 0. The molecule has 2 heterocycles. The molecule has 20 heavy (non-hydrogen) atoms. The maximum absolute atomic E-state index is 4.93. The third-order valence-electron chi connectivity index (χ3n) is 4.45. The number of piperidine rings is 2. The maximum Gasteiger partial charge on any atom is 0.0889 e. The van der Waals surface area contributed by atoms with Crippen LogP contribution in [0.25, 0.3) is 0 Å². The van der Waals surface area contributed by atoms with Crippen molar-refractivity contribution in [1.29, 1.82) is 0 Å². The second kappa shape index (κ2) is 10.1. The first-order chi connectivity index (χ1) is 9.65. The molecule has 0 spiro atoms. The summed E-state index contributed by atoms with van der Waals surface area (Å²) in [5.41, 5.74) is 9.86. The van der Waals surface area contributed by atoms with Crippen molar-refractivity contribution in [3.8, 4) is 0 Å². The summed E-state index contributed by atoms with van der Waals surface area (Å²) in [6.45, 7) is 12.1. The van der Waals surface area contributed by atoms with E-state index in [2.05, 4.69) is 16.7 Å². The minimum absolute atomic E-state index is 0. The molecule has 0 amide bonds. The second-order valence-electron chi connectivity index (χ2n) is 6.03. The third kappa shape index (κ3) is 7.15. The van der Waals surface area contributed by atoms with Gasteiger partial charge in [0, 0.05) is 7.97 Å². The van der Waals surface area contributed by atoms with Crippen LogP contribution in [0.5, 0.6) is 0 Å². The van der Waals surface area contributed by atoms with Crippen molar-refractivity contribution in [2.75, 3.05) is 39.3 Å². The molecule has 4 nitrogen and oxygen atoms in total. The van der Waals surface area contributed by atoms with E-state index in [1.54, 1.807) is 13.0 Å². The lowest BCUT2D eigenvalue weighted by atomic mass is 9.95. The Morgan fingerprint density at radius 3 is 2.05 bits per heavy atom. The summed E-state index contributed by atoms with van der Waals surface area (Å²) < 4.78 is 0. The third-order valence-corrected chi connectivity index (χ3v) is 4.45. The molecule has 0 radical (unpaired) electrons. The van der Waals surface area contributed by atoms with Crippen LogP contribution in [0, 0.1) is 5.92 Å². The summed E-state index contributed by atoms with van der Waals surface area (Å²) in [4.78, 5) is 5.29. The van der Waals surface area contributed by atoms with Gasteiger partial charge in [0.05, 0.1) is 5.82 Å². The van der Waals surface area contributed by atoms with Gasteiger partial charge in [-0.3, -0.25) is 0 Å². The number of nitrogens with zero attached hydrogens (tertiary/aromatic N) is 2. The highest BCUT2D eigenvalue weighted by atomic mass is 15.1. The lowest BCUT2D eigenvalue weighted by Gasteiger charge is -2.35. The van der Waals surface area contributed by atoms with Crippen LogP contribution < -0.4 is 11.5 Å². The predicted octanol–water partition coefficient (Wildman–Crippen LogP) is 2.22. The Balaban J connectivity index is 0.000000583. The quantitative estimate of drug-likeness (QED) is 0.834. The Morgan fingerprint density at radius 2 is 1.60 bits per heavy atom. The molecule has 0 aliphatic carbocycles. The fraction of sp³-hybridized carbons (Fsp3) is 0.875. The van der Waals surface area contributed by atoms with E-state index < -0.39 is 0 Å². The maximum atomic E-state index is 4.93. The largest absolute Gasteiger partial charge is 0.386 e. The van der Waals surface area contributed by atoms with E-state index in [9.17, 15) is 0 Å². The SMILES string of the molecule is CC=C(N)N.CCN1CCC(CN2CCCCC2)CC1.[HH]. The number of rotatable bonds is 3. The van der Waals surface area contributed by atoms with E-state index in [4.69, 9.17) is 11.5 Å². The van der Waals surface area contributed by atoms with Crippen LogP contribution in [0.1, 0.15) is 47.4 Å². The van der Waals surface area contributed by atoms with Gasteiger partial charge in [0.2, 0.25) is 0 Å². The molecule has 0 aromatic rings. The van der Waals surface area contributed by atoms with Crippen LogP contribution in [-0.2, 0) is 0 Å². The van der Waals surface area contributed by atoms with Crippen LogP contribution in [-0.4, -0.2) is 49.1 Å². The van der Waals surface area contributed by atoms with Gasteiger partial charge < -0.3 is 21.3 Å². The first kappa shape index (κ1) is 17.3. The highest BCUT2D eigenvalue weighted by Crippen LogP contribution is 2.20. The van der Waals surface area contributed by atoms with Crippen LogP contribution in [0.15, 0.2) is 11.9 Å². The molecule has 0 unspecified atom stereocenters.